The fourth-order valence-corrected chi connectivity index (χ4v) is 2.26. The molecule has 2 heterocycles. The van der Waals surface area contributed by atoms with E-state index in [0.29, 0.717) is 13.1 Å². The number of amides is 1. The Morgan fingerprint density at radius 1 is 1.68 bits per heavy atom. The first-order valence-electron chi connectivity index (χ1n) is 6.11. The Balaban J connectivity index is 2.18. The van der Waals surface area contributed by atoms with Crippen molar-refractivity contribution in [2.24, 2.45) is 0 Å². The van der Waals surface area contributed by atoms with Crippen LogP contribution in [0.4, 0.5) is 4.39 Å². The van der Waals surface area contributed by atoms with Gasteiger partial charge in [-0.2, -0.15) is 4.39 Å². The molecule has 1 saturated heterocycles. The molecule has 5 nitrogen and oxygen atoms in total. The van der Waals surface area contributed by atoms with Crippen LogP contribution in [0.3, 0.4) is 0 Å². The lowest BCUT2D eigenvalue weighted by Gasteiger charge is -2.42. The summed E-state index contributed by atoms with van der Waals surface area (Å²) in [5.41, 5.74) is -0.283. The van der Waals surface area contributed by atoms with Crippen molar-refractivity contribution >= 4 is 5.91 Å². The molecule has 1 aliphatic rings. The van der Waals surface area contributed by atoms with Crippen molar-refractivity contribution in [1.82, 2.24) is 9.88 Å². The second-order valence-corrected chi connectivity index (χ2v) is 5.24. The second kappa shape index (κ2) is 5.22. The van der Waals surface area contributed by atoms with Crippen molar-refractivity contribution in [3.8, 4) is 0 Å². The molecule has 1 aromatic heterocycles. The van der Waals surface area contributed by atoms with Gasteiger partial charge in [-0.25, -0.2) is 4.98 Å². The summed E-state index contributed by atoms with van der Waals surface area (Å²) in [7, 11) is 0. The number of hydrogen-bond donors (Lipinski definition) is 1. The Kier molecular flexibility index (Phi) is 3.82. The molecule has 0 saturated carbocycles. The van der Waals surface area contributed by atoms with E-state index in [9.17, 15) is 14.3 Å². The van der Waals surface area contributed by atoms with Crippen molar-refractivity contribution in [2.75, 3.05) is 19.7 Å². The van der Waals surface area contributed by atoms with E-state index in [1.54, 1.807) is 4.90 Å². The highest BCUT2D eigenvalue weighted by atomic mass is 19.1. The Hall–Kier alpha value is -1.53. The minimum absolute atomic E-state index is 0.155. The maximum absolute atomic E-state index is 13.0. The fraction of sp³-hybridized carbons (Fsp3) is 0.538. The van der Waals surface area contributed by atoms with E-state index < -0.39 is 17.7 Å². The lowest BCUT2D eigenvalue weighted by Crippen LogP contribution is -2.55. The number of aliphatic hydroxyl groups is 1. The molecule has 6 heteroatoms. The Morgan fingerprint density at radius 3 is 3.05 bits per heavy atom. The molecule has 1 amide bonds. The molecule has 1 fully saturated rings. The topological polar surface area (TPSA) is 62.7 Å². The van der Waals surface area contributed by atoms with Gasteiger partial charge in [0.1, 0.15) is 0 Å². The molecule has 1 aliphatic heterocycles. The first-order chi connectivity index (χ1) is 8.91. The average molecular weight is 268 g/mol. The molecule has 104 valence electrons. The number of pyridine rings is 1. The standard InChI is InChI=1S/C13H17FN2O3/c1-13(2)8-16(6-10(7-17)19-13)12(18)9-3-4-15-11(14)5-9/h3-5,10,17H,6-8H2,1-2H3. The summed E-state index contributed by atoms with van der Waals surface area (Å²) in [5, 5.41) is 9.20. The van der Waals surface area contributed by atoms with Gasteiger partial charge >= 0.3 is 0 Å². The van der Waals surface area contributed by atoms with E-state index in [2.05, 4.69) is 4.98 Å². The van der Waals surface area contributed by atoms with Crippen molar-refractivity contribution in [3.05, 3.63) is 29.8 Å². The summed E-state index contributed by atoms with van der Waals surface area (Å²) in [6.07, 6.45) is 0.844. The lowest BCUT2D eigenvalue weighted by atomic mass is 10.0. The normalized spacial score (nSPS) is 22.3. The summed E-state index contributed by atoms with van der Waals surface area (Å²) < 4.78 is 18.7. The number of aliphatic hydroxyl groups excluding tert-OH is 1. The van der Waals surface area contributed by atoms with E-state index in [-0.39, 0.29) is 18.1 Å². The number of rotatable bonds is 2. The van der Waals surface area contributed by atoms with Crippen LogP contribution in [0, 0.1) is 5.95 Å². The van der Waals surface area contributed by atoms with Crippen molar-refractivity contribution in [1.29, 1.82) is 0 Å². The van der Waals surface area contributed by atoms with Crippen LogP contribution < -0.4 is 0 Å². The quantitative estimate of drug-likeness (QED) is 0.807. The fourth-order valence-electron chi connectivity index (χ4n) is 2.26. The highest BCUT2D eigenvalue weighted by Gasteiger charge is 2.35. The van der Waals surface area contributed by atoms with Crippen LogP contribution in [0.5, 0.6) is 0 Å². The maximum atomic E-state index is 13.0. The number of carbonyl (C=O) groups is 1. The zero-order valence-electron chi connectivity index (χ0n) is 11.0. The molecule has 1 aromatic rings. The van der Waals surface area contributed by atoms with Crippen LogP contribution in [0.2, 0.25) is 0 Å². The first-order valence-corrected chi connectivity index (χ1v) is 6.11. The largest absolute Gasteiger partial charge is 0.394 e. The van der Waals surface area contributed by atoms with Gasteiger partial charge in [0.2, 0.25) is 5.95 Å². The summed E-state index contributed by atoms with van der Waals surface area (Å²) >= 11 is 0. The van der Waals surface area contributed by atoms with Crippen LogP contribution >= 0.6 is 0 Å². The molecular formula is C13H17FN2O3. The summed E-state index contributed by atoms with van der Waals surface area (Å²) in [6, 6.07) is 2.58. The van der Waals surface area contributed by atoms with Crippen LogP contribution in [-0.4, -0.2) is 52.3 Å². The van der Waals surface area contributed by atoms with Crippen molar-refractivity contribution in [3.63, 3.8) is 0 Å². The zero-order chi connectivity index (χ0) is 14.0. The van der Waals surface area contributed by atoms with Gasteiger partial charge in [0, 0.05) is 30.9 Å². The summed E-state index contributed by atoms with van der Waals surface area (Å²) in [6.45, 7) is 4.23. The smallest absolute Gasteiger partial charge is 0.254 e. The minimum atomic E-state index is -0.683. The lowest BCUT2D eigenvalue weighted by molar-refractivity contribution is -0.139. The molecule has 19 heavy (non-hydrogen) atoms. The molecule has 0 bridgehead atoms. The van der Waals surface area contributed by atoms with Crippen LogP contribution in [0.15, 0.2) is 18.3 Å². The van der Waals surface area contributed by atoms with Crippen LogP contribution in [0.1, 0.15) is 24.2 Å². The SMILES string of the molecule is CC1(C)CN(C(=O)c2ccnc(F)c2)CC(CO)O1. The number of carbonyl (C=O) groups excluding carboxylic acids is 1. The van der Waals surface area contributed by atoms with Gasteiger partial charge in [0.15, 0.2) is 0 Å². The van der Waals surface area contributed by atoms with Gasteiger partial charge in [-0.3, -0.25) is 4.79 Å². The first kappa shape index (κ1) is 13.9. The van der Waals surface area contributed by atoms with Gasteiger partial charge in [0.05, 0.1) is 18.3 Å². The van der Waals surface area contributed by atoms with Gasteiger partial charge in [-0.05, 0) is 19.9 Å². The minimum Gasteiger partial charge on any atom is -0.394 e. The van der Waals surface area contributed by atoms with Crippen LogP contribution in [0.25, 0.3) is 0 Å². The molecular weight excluding hydrogens is 251 g/mol. The highest BCUT2D eigenvalue weighted by molar-refractivity contribution is 5.94. The number of hydrogen-bond acceptors (Lipinski definition) is 4. The molecule has 0 aliphatic carbocycles. The number of nitrogens with zero attached hydrogens (tertiary/aromatic N) is 2. The van der Waals surface area contributed by atoms with Gasteiger partial charge in [0.25, 0.3) is 5.91 Å². The Labute approximate surface area is 111 Å². The molecule has 1 atom stereocenters. The van der Waals surface area contributed by atoms with Crippen LogP contribution in [-0.2, 0) is 4.74 Å². The molecule has 1 N–H and O–H groups in total. The predicted octanol–water partition coefficient (Wildman–Crippen LogP) is 0.833. The molecule has 2 rings (SSSR count). The number of halogens is 1. The second-order valence-electron chi connectivity index (χ2n) is 5.24. The number of morpholine rings is 1. The van der Waals surface area contributed by atoms with E-state index in [1.165, 1.54) is 12.3 Å². The third kappa shape index (κ3) is 3.27. The molecule has 0 radical (unpaired) electrons. The molecule has 0 aromatic carbocycles. The summed E-state index contributed by atoms with van der Waals surface area (Å²) in [5.74, 6) is -0.965. The number of aromatic nitrogens is 1. The zero-order valence-corrected chi connectivity index (χ0v) is 11.0. The van der Waals surface area contributed by atoms with E-state index in [1.807, 2.05) is 13.8 Å². The monoisotopic (exact) mass is 268 g/mol. The van der Waals surface area contributed by atoms with Crippen molar-refractivity contribution in [2.45, 2.75) is 25.6 Å². The Bertz CT molecular complexity index is 479. The predicted molar refractivity (Wildman–Crippen MR) is 66.1 cm³/mol. The molecule has 1 unspecified atom stereocenters. The third-order valence-corrected chi connectivity index (χ3v) is 2.95. The third-order valence-electron chi connectivity index (χ3n) is 2.95. The Morgan fingerprint density at radius 2 is 2.42 bits per heavy atom. The van der Waals surface area contributed by atoms with E-state index >= 15 is 0 Å². The van der Waals surface area contributed by atoms with Crippen molar-refractivity contribution < 1.29 is 19.0 Å². The van der Waals surface area contributed by atoms with Gasteiger partial charge in [-0.15, -0.1) is 0 Å². The molecule has 0 spiro atoms. The van der Waals surface area contributed by atoms with Gasteiger partial charge in [-0.1, -0.05) is 0 Å². The van der Waals surface area contributed by atoms with Gasteiger partial charge < -0.3 is 14.7 Å². The van der Waals surface area contributed by atoms with E-state index in [4.69, 9.17) is 4.74 Å². The average Bonchev–Trinajstić information content (AvgIpc) is 2.36. The highest BCUT2D eigenvalue weighted by Crippen LogP contribution is 2.22. The number of ether oxygens (including phenoxy) is 1. The summed E-state index contributed by atoms with van der Waals surface area (Å²) in [4.78, 5) is 17.3. The van der Waals surface area contributed by atoms with E-state index in [0.717, 1.165) is 6.07 Å². The maximum Gasteiger partial charge on any atom is 0.254 e.